The van der Waals surface area contributed by atoms with E-state index in [0.717, 1.165) is 0 Å². The van der Waals surface area contributed by atoms with Crippen molar-refractivity contribution in [1.82, 2.24) is 0 Å². The van der Waals surface area contributed by atoms with E-state index in [-0.39, 0.29) is 127 Å². The first-order chi connectivity index (χ1) is 3.46. The molecule has 0 aliphatic heterocycles. The molecule has 0 aliphatic rings. The summed E-state index contributed by atoms with van der Waals surface area (Å²) in [7, 11) is 0. The molecule has 5 heteroatoms. The molecule has 5 radical (unpaired) electrons. The van der Waals surface area contributed by atoms with Crippen LogP contribution in [0.3, 0.4) is 0 Å². The molecule has 0 aromatic heterocycles. The molecule has 0 aromatic rings. The van der Waals surface area contributed by atoms with Crippen molar-refractivity contribution in [3.63, 3.8) is 0 Å². The van der Waals surface area contributed by atoms with Crippen LogP contribution in [0.15, 0.2) is 0 Å². The minimum Gasteiger partial charge on any atom is -0.447 e. The Morgan fingerprint density at radius 1 is 0.375 bits per heavy atom. The first kappa shape index (κ1) is 76.4. The van der Waals surface area contributed by atoms with E-state index in [1.165, 1.54) is 0 Å². The minimum absolute atomic E-state index is 0. The fourth-order valence-electron chi connectivity index (χ4n) is 0. The van der Waals surface area contributed by atoms with Gasteiger partial charge in [-0.05, 0) is 0 Å². The molecule has 0 rings (SSSR count). The molecule has 0 atom stereocenters. The second-order valence-corrected chi connectivity index (χ2v) is 1.73. The van der Waals surface area contributed by atoms with Crippen LogP contribution in [0, 0.1) is 75.7 Å². The Balaban J connectivity index is -0.00000000375. The number of hydrogen-bond donors (Lipinski definition) is 0. The molecule has 0 saturated carbocycles. The van der Waals surface area contributed by atoms with Gasteiger partial charge >= 0.3 is 0 Å². The second kappa shape index (κ2) is 64.5. The van der Waals surface area contributed by atoms with Crippen molar-refractivity contribution in [2.45, 2.75) is 0 Å². The van der Waals surface area contributed by atoms with Crippen molar-refractivity contribution in [2.75, 3.05) is 0 Å². The van der Waals surface area contributed by atoms with Crippen molar-refractivity contribution in [2.24, 2.45) is 11.8 Å². The average Bonchev–Trinajstić information content (AvgIpc) is 1.25. The van der Waals surface area contributed by atoms with Crippen LogP contribution in [-0.4, -0.2) is 0 Å². The fourth-order valence-corrected chi connectivity index (χ4v) is 0. The molecule has 101 valence electrons. The predicted molar refractivity (Wildman–Crippen MR) is 58.4 cm³/mol. The van der Waals surface area contributed by atoms with Gasteiger partial charge in [0.1, 0.15) is 0 Å². The summed E-state index contributed by atoms with van der Waals surface area (Å²) < 4.78 is 0. The summed E-state index contributed by atoms with van der Waals surface area (Å²) in [5.74, 6) is 0.167. The molecule has 0 fully saturated rings. The zero-order valence-electron chi connectivity index (χ0n) is 10.6. The van der Waals surface area contributed by atoms with Gasteiger partial charge in [-0.25, -0.2) is 0 Å². The molecule has 16 heavy (non-hydrogen) atoms. The summed E-state index contributed by atoms with van der Waals surface area (Å²) in [5.41, 5.74) is 0. The number of rotatable bonds is 0. The minimum atomic E-state index is 0. The van der Waals surface area contributed by atoms with E-state index < -0.39 is 0 Å². The molecule has 0 bridgehead atoms. The van der Waals surface area contributed by atoms with Gasteiger partial charge in [-0.1, -0.05) is 0 Å². The van der Waals surface area contributed by atoms with Gasteiger partial charge in [-0.15, -0.1) is 0 Å². The molecule has 0 nitrogen and oxygen atoms in total. The summed E-state index contributed by atoms with van der Waals surface area (Å²) in [6.45, 7) is 20.5. The molecule has 0 spiro atoms. The topological polar surface area (TPSA) is 0 Å². The van der Waals surface area contributed by atoms with Crippen LogP contribution in [0.1, 0.15) is 0 Å². The van der Waals surface area contributed by atoms with E-state index in [1.807, 2.05) is 0 Å². The zero-order valence-corrected chi connectivity index (χ0v) is 17.6. The fraction of sp³-hybridized carbons (Fsp3) is 0.182. The van der Waals surface area contributed by atoms with Crippen LogP contribution in [0.25, 0.3) is 0 Å². The van der Waals surface area contributed by atoms with Crippen LogP contribution < -0.4 is 0 Å². The zero-order chi connectivity index (χ0) is 7.15. The van der Waals surface area contributed by atoms with Gasteiger partial charge in [-0.3, -0.25) is 0 Å². The third-order valence-corrected chi connectivity index (χ3v) is 0. The van der Waals surface area contributed by atoms with Gasteiger partial charge < -0.3 is 75.7 Å². The molecule has 0 aliphatic carbocycles. The van der Waals surface area contributed by atoms with Crippen molar-refractivity contribution in [1.29, 1.82) is 0 Å². The summed E-state index contributed by atoms with van der Waals surface area (Å²) in [6.07, 6.45) is 0. The average molecular weight is 410 g/mol. The summed E-state index contributed by atoms with van der Waals surface area (Å²) in [6, 6.07) is 0. The molecular weight excluding hydrogens is 387 g/mol. The van der Waals surface area contributed by atoms with Gasteiger partial charge in [0.25, 0.3) is 0 Å². The van der Waals surface area contributed by atoms with Crippen LogP contribution >= 0.6 is 0 Å². The Labute approximate surface area is 166 Å². The quantitative estimate of drug-likeness (QED) is 0.537. The standard InChI is InChI=1S/2C4H7.3CH3.5V/c2*1-4(2)3;;;;;;;;/h2*4H,1-3H2;3*1H3;;;;;/q2*-3;3*-1;;;;;. The van der Waals surface area contributed by atoms with E-state index in [9.17, 15) is 0 Å². The molecule has 0 N–H and O–H groups in total. The van der Waals surface area contributed by atoms with Crippen molar-refractivity contribution in [3.8, 4) is 0 Å². The van der Waals surface area contributed by atoms with Crippen LogP contribution in [-0.2, 0) is 92.8 Å². The normalized spacial score (nSPS) is 4.50. The van der Waals surface area contributed by atoms with Crippen molar-refractivity contribution in [3.05, 3.63) is 63.8 Å². The molecule has 0 amide bonds. The maximum Gasteiger partial charge on any atom is 0 e. The molecule has 0 heterocycles. The monoisotopic (exact) mass is 410 g/mol. The van der Waals surface area contributed by atoms with Gasteiger partial charge in [-0.2, -0.15) is 0 Å². The maximum absolute atomic E-state index is 3.42. The Kier molecular flexibility index (Phi) is 308. The van der Waals surface area contributed by atoms with Crippen molar-refractivity contribution >= 4 is 0 Å². The van der Waals surface area contributed by atoms with E-state index >= 15 is 0 Å². The third kappa shape index (κ3) is 502. The Morgan fingerprint density at radius 3 is 0.375 bits per heavy atom. The SMILES string of the molecule is [CH2-]C([CH2-])[CH2-].[CH2-]C([CH2-])[CH2-].[CH3-].[CH3-].[CH3-].[V].[V].[V].[V].[V]. The third-order valence-electron chi connectivity index (χ3n) is 0. The summed E-state index contributed by atoms with van der Waals surface area (Å²) in [4.78, 5) is 0. The van der Waals surface area contributed by atoms with E-state index in [1.54, 1.807) is 0 Å². The summed E-state index contributed by atoms with van der Waals surface area (Å²) >= 11 is 0. The van der Waals surface area contributed by atoms with Crippen LogP contribution in [0.2, 0.25) is 0 Å². The first-order valence-corrected chi connectivity index (χ1v) is 2.45. The van der Waals surface area contributed by atoms with Gasteiger partial charge in [0, 0.05) is 92.8 Å². The van der Waals surface area contributed by atoms with Crippen LogP contribution in [0.4, 0.5) is 0 Å². The Morgan fingerprint density at radius 2 is 0.375 bits per heavy atom. The molecule has 0 unspecified atom stereocenters. The van der Waals surface area contributed by atoms with E-state index in [0.29, 0.717) is 0 Å². The van der Waals surface area contributed by atoms with Crippen LogP contribution in [0.5, 0.6) is 0 Å². The van der Waals surface area contributed by atoms with E-state index in [2.05, 4.69) is 41.5 Å². The molecular formula is C11H23V5-9. The molecule has 0 saturated heterocycles. The largest absolute Gasteiger partial charge is 0.447 e. The van der Waals surface area contributed by atoms with E-state index in [4.69, 9.17) is 0 Å². The predicted octanol–water partition coefficient (Wildman–Crippen LogP) is 3.55. The smallest absolute Gasteiger partial charge is 0 e. The summed E-state index contributed by atoms with van der Waals surface area (Å²) in [5, 5.41) is 0. The van der Waals surface area contributed by atoms with Gasteiger partial charge in [0.2, 0.25) is 0 Å². The Hall–Kier alpha value is 2.92. The molecule has 0 aromatic carbocycles. The maximum atomic E-state index is 3.42. The second-order valence-electron chi connectivity index (χ2n) is 1.73. The number of hydrogen-bond acceptors (Lipinski definition) is 0. The van der Waals surface area contributed by atoms with Crippen molar-refractivity contribution < 1.29 is 92.8 Å². The van der Waals surface area contributed by atoms with Gasteiger partial charge in [0.15, 0.2) is 0 Å². The van der Waals surface area contributed by atoms with Gasteiger partial charge in [0.05, 0.1) is 0 Å². The first-order valence-electron chi connectivity index (χ1n) is 2.45. The Bertz CT molecular complexity index is 29.8.